The van der Waals surface area contributed by atoms with Crippen molar-refractivity contribution >= 4 is 10.2 Å². The molecule has 1 saturated heterocycles. The number of rotatable bonds is 4. The second-order valence-electron chi connectivity index (χ2n) is 6.01. The summed E-state index contributed by atoms with van der Waals surface area (Å²) in [5.41, 5.74) is 0. The van der Waals surface area contributed by atoms with Gasteiger partial charge in [0, 0.05) is 19.1 Å². The van der Waals surface area contributed by atoms with Gasteiger partial charge in [-0.1, -0.05) is 19.3 Å². The Labute approximate surface area is 117 Å². The van der Waals surface area contributed by atoms with Gasteiger partial charge in [0.1, 0.15) is 0 Å². The molecule has 0 radical (unpaired) electrons. The van der Waals surface area contributed by atoms with Gasteiger partial charge in [-0.3, -0.25) is 0 Å². The third-order valence-corrected chi connectivity index (χ3v) is 6.19. The monoisotopic (exact) mass is 289 g/mol. The van der Waals surface area contributed by atoms with Gasteiger partial charge in [0.05, 0.1) is 0 Å². The molecule has 1 N–H and O–H groups in total. The fourth-order valence-electron chi connectivity index (χ4n) is 3.06. The Morgan fingerprint density at radius 1 is 1.05 bits per heavy atom. The molecule has 112 valence electrons. The van der Waals surface area contributed by atoms with Crippen LogP contribution < -0.4 is 4.72 Å². The average Bonchev–Trinajstić information content (AvgIpc) is 2.41. The van der Waals surface area contributed by atoms with Gasteiger partial charge in [0.15, 0.2) is 0 Å². The summed E-state index contributed by atoms with van der Waals surface area (Å²) in [6.07, 6.45) is 7.38. The fourth-order valence-corrected chi connectivity index (χ4v) is 4.49. The van der Waals surface area contributed by atoms with Crippen LogP contribution in [0.3, 0.4) is 0 Å². The maximum Gasteiger partial charge on any atom is 0.279 e. The lowest BCUT2D eigenvalue weighted by Crippen LogP contribution is -2.50. The van der Waals surface area contributed by atoms with Crippen LogP contribution in [-0.2, 0) is 10.2 Å². The van der Waals surface area contributed by atoms with Gasteiger partial charge in [0.2, 0.25) is 0 Å². The Hall–Kier alpha value is -0.170. The maximum absolute atomic E-state index is 12.4. The van der Waals surface area contributed by atoms with Crippen molar-refractivity contribution in [2.45, 2.75) is 57.0 Å². The van der Waals surface area contributed by atoms with E-state index in [9.17, 15) is 8.42 Å². The van der Waals surface area contributed by atoms with E-state index in [-0.39, 0.29) is 12.1 Å². The molecule has 0 unspecified atom stereocenters. The molecule has 0 aromatic heterocycles. The lowest BCUT2D eigenvalue weighted by Gasteiger charge is -2.34. The van der Waals surface area contributed by atoms with E-state index < -0.39 is 10.2 Å². The molecule has 19 heavy (non-hydrogen) atoms. The molecule has 5 nitrogen and oxygen atoms in total. The molecule has 1 heterocycles. The van der Waals surface area contributed by atoms with Crippen molar-refractivity contribution in [1.29, 1.82) is 0 Å². The first kappa shape index (κ1) is 15.2. The lowest BCUT2D eigenvalue weighted by atomic mass is 9.96. The van der Waals surface area contributed by atoms with Crippen molar-refractivity contribution in [2.24, 2.45) is 0 Å². The van der Waals surface area contributed by atoms with Gasteiger partial charge in [-0.25, -0.2) is 0 Å². The molecule has 0 amide bonds. The summed E-state index contributed by atoms with van der Waals surface area (Å²) < 4.78 is 29.2. The van der Waals surface area contributed by atoms with E-state index in [0.29, 0.717) is 0 Å². The SMILES string of the molecule is CN1CCC(NS(=O)(=O)N(C)C2CCCCC2)CC1. The van der Waals surface area contributed by atoms with E-state index >= 15 is 0 Å². The third-order valence-electron chi connectivity index (χ3n) is 4.50. The smallest absolute Gasteiger partial charge is 0.279 e. The molecule has 0 aromatic rings. The van der Waals surface area contributed by atoms with Crippen LogP contribution in [0.4, 0.5) is 0 Å². The second kappa shape index (κ2) is 6.52. The Morgan fingerprint density at radius 3 is 2.21 bits per heavy atom. The van der Waals surface area contributed by atoms with Crippen molar-refractivity contribution in [3.63, 3.8) is 0 Å². The highest BCUT2D eigenvalue weighted by Crippen LogP contribution is 2.23. The van der Waals surface area contributed by atoms with Crippen LogP contribution in [-0.4, -0.2) is 56.9 Å². The van der Waals surface area contributed by atoms with Gasteiger partial charge in [-0.15, -0.1) is 0 Å². The summed E-state index contributed by atoms with van der Waals surface area (Å²) in [4.78, 5) is 2.25. The molecule has 2 rings (SSSR count). The normalized spacial score (nSPS) is 25.0. The lowest BCUT2D eigenvalue weighted by molar-refractivity contribution is 0.241. The number of nitrogens with zero attached hydrogens (tertiary/aromatic N) is 2. The second-order valence-corrected chi connectivity index (χ2v) is 7.77. The fraction of sp³-hybridized carbons (Fsp3) is 1.00. The summed E-state index contributed by atoms with van der Waals surface area (Å²) in [5.74, 6) is 0. The Morgan fingerprint density at radius 2 is 1.63 bits per heavy atom. The summed E-state index contributed by atoms with van der Waals surface area (Å²) in [7, 11) is 0.499. The molecule has 2 aliphatic rings. The highest BCUT2D eigenvalue weighted by Gasteiger charge is 2.30. The minimum Gasteiger partial charge on any atom is -0.306 e. The van der Waals surface area contributed by atoms with Crippen LogP contribution >= 0.6 is 0 Å². The molecular weight excluding hydrogens is 262 g/mol. The van der Waals surface area contributed by atoms with Crippen molar-refractivity contribution < 1.29 is 8.42 Å². The molecule has 1 aliphatic carbocycles. The van der Waals surface area contributed by atoms with E-state index in [1.165, 1.54) is 6.42 Å². The third kappa shape index (κ3) is 4.15. The van der Waals surface area contributed by atoms with E-state index in [1.54, 1.807) is 11.4 Å². The molecule has 0 bridgehead atoms. The van der Waals surface area contributed by atoms with E-state index in [1.807, 2.05) is 0 Å². The molecule has 2 fully saturated rings. The molecule has 0 spiro atoms. The van der Waals surface area contributed by atoms with Crippen molar-refractivity contribution in [3.05, 3.63) is 0 Å². The van der Waals surface area contributed by atoms with Gasteiger partial charge < -0.3 is 4.90 Å². The Kier molecular flexibility index (Phi) is 5.22. The zero-order valence-corrected chi connectivity index (χ0v) is 13.0. The maximum atomic E-state index is 12.4. The molecular formula is C13H27N3O2S. The van der Waals surface area contributed by atoms with Gasteiger partial charge >= 0.3 is 0 Å². The molecule has 1 aliphatic heterocycles. The molecule has 6 heteroatoms. The van der Waals surface area contributed by atoms with Crippen LogP contribution in [0.2, 0.25) is 0 Å². The van der Waals surface area contributed by atoms with Crippen LogP contribution in [0.15, 0.2) is 0 Å². The minimum absolute atomic E-state index is 0.104. The first-order valence-electron chi connectivity index (χ1n) is 7.43. The summed E-state index contributed by atoms with van der Waals surface area (Å²) in [6, 6.07) is 0.296. The first-order valence-corrected chi connectivity index (χ1v) is 8.87. The summed E-state index contributed by atoms with van der Waals surface area (Å²) >= 11 is 0. The van der Waals surface area contributed by atoms with Crippen molar-refractivity contribution in [3.8, 4) is 0 Å². The zero-order chi connectivity index (χ0) is 13.9. The summed E-state index contributed by atoms with van der Waals surface area (Å²) in [5, 5.41) is 0. The van der Waals surface area contributed by atoms with Crippen LogP contribution in [0.1, 0.15) is 44.9 Å². The summed E-state index contributed by atoms with van der Waals surface area (Å²) in [6.45, 7) is 1.95. The molecule has 1 saturated carbocycles. The van der Waals surface area contributed by atoms with Crippen molar-refractivity contribution in [1.82, 2.24) is 13.9 Å². The van der Waals surface area contributed by atoms with Crippen LogP contribution in [0, 0.1) is 0 Å². The van der Waals surface area contributed by atoms with E-state index in [0.717, 1.165) is 51.6 Å². The quantitative estimate of drug-likeness (QED) is 0.845. The number of hydrogen-bond acceptors (Lipinski definition) is 3. The van der Waals surface area contributed by atoms with Gasteiger partial charge in [-0.2, -0.15) is 17.4 Å². The number of hydrogen-bond donors (Lipinski definition) is 1. The minimum atomic E-state index is -3.31. The number of nitrogens with one attached hydrogen (secondary N) is 1. The van der Waals surface area contributed by atoms with E-state index in [4.69, 9.17) is 0 Å². The predicted octanol–water partition coefficient (Wildman–Crippen LogP) is 1.18. The van der Waals surface area contributed by atoms with Gasteiger partial charge in [0.25, 0.3) is 10.2 Å². The molecule has 0 atom stereocenters. The van der Waals surface area contributed by atoms with Crippen LogP contribution in [0.25, 0.3) is 0 Å². The zero-order valence-electron chi connectivity index (χ0n) is 12.1. The van der Waals surface area contributed by atoms with Crippen LogP contribution in [0.5, 0.6) is 0 Å². The molecule has 0 aromatic carbocycles. The predicted molar refractivity (Wildman–Crippen MR) is 77.2 cm³/mol. The number of piperidine rings is 1. The first-order chi connectivity index (χ1) is 8.99. The topological polar surface area (TPSA) is 52.7 Å². The Balaban J connectivity index is 1.89. The largest absolute Gasteiger partial charge is 0.306 e. The Bertz CT molecular complexity index is 371. The highest BCUT2D eigenvalue weighted by atomic mass is 32.2. The van der Waals surface area contributed by atoms with Crippen molar-refractivity contribution in [2.75, 3.05) is 27.2 Å². The highest BCUT2D eigenvalue weighted by molar-refractivity contribution is 7.87. The van der Waals surface area contributed by atoms with Gasteiger partial charge in [-0.05, 0) is 45.8 Å². The standard InChI is InChI=1S/C13H27N3O2S/c1-15-10-8-12(9-11-15)14-19(17,18)16(2)13-6-4-3-5-7-13/h12-14H,3-11H2,1-2H3. The number of likely N-dealkylation sites (tertiary alicyclic amines) is 1. The average molecular weight is 289 g/mol. The van der Waals surface area contributed by atoms with E-state index in [2.05, 4.69) is 16.7 Å².